The van der Waals surface area contributed by atoms with E-state index in [1.807, 2.05) is 13.8 Å². The highest BCUT2D eigenvalue weighted by atomic mass is 16.5. The zero-order chi connectivity index (χ0) is 11.0. The molecule has 0 bridgehead atoms. The van der Waals surface area contributed by atoms with Gasteiger partial charge in [0, 0.05) is 6.42 Å². The summed E-state index contributed by atoms with van der Waals surface area (Å²) in [5.41, 5.74) is 0. The lowest BCUT2D eigenvalue weighted by atomic mass is 10.2. The van der Waals surface area contributed by atoms with E-state index < -0.39 is 0 Å². The van der Waals surface area contributed by atoms with Crippen molar-refractivity contribution in [2.24, 2.45) is 0 Å². The van der Waals surface area contributed by atoms with Gasteiger partial charge in [0.25, 0.3) is 0 Å². The molecule has 14 heavy (non-hydrogen) atoms. The number of hydrogen-bond donors (Lipinski definition) is 1. The third-order valence-corrected chi connectivity index (χ3v) is 1.95. The van der Waals surface area contributed by atoms with Crippen LogP contribution in [0, 0.1) is 0 Å². The van der Waals surface area contributed by atoms with E-state index in [1.54, 1.807) is 6.08 Å². The molecular weight excluding hydrogens is 176 g/mol. The smallest absolute Gasteiger partial charge is 0.154 e. The fourth-order valence-electron chi connectivity index (χ4n) is 1.23. The topological polar surface area (TPSA) is 29.5 Å². The molecule has 0 aromatic rings. The van der Waals surface area contributed by atoms with Gasteiger partial charge in [-0.05, 0) is 25.3 Å². The van der Waals surface area contributed by atoms with E-state index in [1.165, 1.54) is 0 Å². The Balaban J connectivity index is 4.14. The molecule has 0 aromatic carbocycles. The van der Waals surface area contributed by atoms with Crippen LogP contribution in [0.5, 0.6) is 0 Å². The summed E-state index contributed by atoms with van der Waals surface area (Å²) in [6.07, 6.45) is 5.04. The van der Waals surface area contributed by atoms with Gasteiger partial charge in [0.05, 0.1) is 5.76 Å². The summed E-state index contributed by atoms with van der Waals surface area (Å²) >= 11 is 0. The molecule has 0 heterocycles. The van der Waals surface area contributed by atoms with Gasteiger partial charge in [0.15, 0.2) is 6.10 Å². The van der Waals surface area contributed by atoms with Crippen LogP contribution in [-0.2, 0) is 4.74 Å². The van der Waals surface area contributed by atoms with E-state index in [9.17, 15) is 5.11 Å². The van der Waals surface area contributed by atoms with Crippen molar-refractivity contribution in [3.05, 3.63) is 24.2 Å². The Morgan fingerprint density at radius 1 is 1.43 bits per heavy atom. The van der Waals surface area contributed by atoms with Crippen molar-refractivity contribution in [2.45, 2.75) is 52.6 Å². The van der Waals surface area contributed by atoms with Gasteiger partial charge in [-0.3, -0.25) is 0 Å². The second-order valence-corrected chi connectivity index (χ2v) is 3.34. The van der Waals surface area contributed by atoms with Gasteiger partial charge < -0.3 is 9.84 Å². The molecule has 2 nitrogen and oxygen atoms in total. The minimum atomic E-state index is -0.214. The van der Waals surface area contributed by atoms with Crippen LogP contribution in [0.2, 0.25) is 0 Å². The van der Waals surface area contributed by atoms with E-state index in [4.69, 9.17) is 4.74 Å². The first-order valence-corrected chi connectivity index (χ1v) is 5.39. The van der Waals surface area contributed by atoms with Crippen molar-refractivity contribution in [2.75, 3.05) is 0 Å². The van der Waals surface area contributed by atoms with Crippen LogP contribution in [0.4, 0.5) is 0 Å². The van der Waals surface area contributed by atoms with Crippen molar-refractivity contribution in [3.8, 4) is 0 Å². The third kappa shape index (κ3) is 4.95. The largest absolute Gasteiger partial charge is 0.509 e. The molecule has 1 atom stereocenters. The fraction of sp³-hybridized carbons (Fsp3) is 0.667. The van der Waals surface area contributed by atoms with Crippen LogP contribution in [0.1, 0.15) is 46.5 Å². The fourth-order valence-corrected chi connectivity index (χ4v) is 1.23. The molecule has 0 saturated carbocycles. The lowest BCUT2D eigenvalue weighted by Crippen LogP contribution is -2.14. The molecule has 0 aliphatic rings. The molecule has 1 N–H and O–H groups in total. The predicted molar refractivity (Wildman–Crippen MR) is 60.2 cm³/mol. The molecule has 0 fully saturated rings. The molecule has 2 heteroatoms. The standard InChI is InChI=1S/C12H22O2/c1-5-8-10(4)14-12(7-3)11(13)9-6-2/h9,12-13H,4-8H2,1-3H3/b11-9+. The summed E-state index contributed by atoms with van der Waals surface area (Å²) < 4.78 is 5.54. The van der Waals surface area contributed by atoms with Gasteiger partial charge in [-0.25, -0.2) is 0 Å². The summed E-state index contributed by atoms with van der Waals surface area (Å²) in [4.78, 5) is 0. The number of aliphatic hydroxyl groups excluding tert-OH is 1. The van der Waals surface area contributed by atoms with Crippen LogP contribution in [0.3, 0.4) is 0 Å². The van der Waals surface area contributed by atoms with Crippen molar-refractivity contribution in [3.63, 3.8) is 0 Å². The van der Waals surface area contributed by atoms with Crippen LogP contribution < -0.4 is 0 Å². The lowest BCUT2D eigenvalue weighted by molar-refractivity contribution is 0.0964. The Kier molecular flexibility index (Phi) is 6.99. The second-order valence-electron chi connectivity index (χ2n) is 3.34. The van der Waals surface area contributed by atoms with Crippen LogP contribution in [0.15, 0.2) is 24.2 Å². The molecule has 0 aromatic heterocycles. The average molecular weight is 198 g/mol. The monoisotopic (exact) mass is 198 g/mol. The quantitative estimate of drug-likeness (QED) is 0.628. The van der Waals surface area contributed by atoms with Gasteiger partial charge in [0.1, 0.15) is 5.76 Å². The highest BCUT2D eigenvalue weighted by Crippen LogP contribution is 2.15. The average Bonchev–Trinajstić information content (AvgIpc) is 2.15. The summed E-state index contributed by atoms with van der Waals surface area (Å²) in [5, 5.41) is 9.62. The highest BCUT2D eigenvalue weighted by molar-refractivity contribution is 5.00. The third-order valence-electron chi connectivity index (χ3n) is 1.95. The maximum Gasteiger partial charge on any atom is 0.154 e. The number of aliphatic hydroxyl groups is 1. The van der Waals surface area contributed by atoms with Gasteiger partial charge in [-0.15, -0.1) is 0 Å². The molecule has 0 radical (unpaired) electrons. The van der Waals surface area contributed by atoms with Gasteiger partial charge in [-0.2, -0.15) is 0 Å². The summed E-state index contributed by atoms with van der Waals surface area (Å²) in [7, 11) is 0. The van der Waals surface area contributed by atoms with Crippen LogP contribution in [-0.4, -0.2) is 11.2 Å². The zero-order valence-corrected chi connectivity index (χ0v) is 9.55. The first-order chi connectivity index (χ1) is 6.65. The molecular formula is C12H22O2. The van der Waals surface area contributed by atoms with Crippen LogP contribution >= 0.6 is 0 Å². The van der Waals surface area contributed by atoms with E-state index in [0.29, 0.717) is 5.76 Å². The summed E-state index contributed by atoms with van der Waals surface area (Å²) in [6, 6.07) is 0. The Morgan fingerprint density at radius 3 is 2.50 bits per heavy atom. The normalized spacial score (nSPS) is 13.8. The van der Waals surface area contributed by atoms with Crippen molar-refractivity contribution in [1.29, 1.82) is 0 Å². The van der Waals surface area contributed by atoms with E-state index >= 15 is 0 Å². The molecule has 82 valence electrons. The molecule has 0 aliphatic carbocycles. The predicted octanol–water partition coefficient (Wildman–Crippen LogP) is 3.95. The molecule has 0 amide bonds. The number of ether oxygens (including phenoxy) is 1. The minimum Gasteiger partial charge on any atom is -0.509 e. The Labute approximate surface area is 87.3 Å². The summed E-state index contributed by atoms with van der Waals surface area (Å²) in [5.74, 6) is 1.09. The van der Waals surface area contributed by atoms with Gasteiger partial charge >= 0.3 is 0 Å². The number of rotatable bonds is 7. The van der Waals surface area contributed by atoms with Crippen molar-refractivity contribution >= 4 is 0 Å². The molecule has 0 aliphatic heterocycles. The number of hydrogen-bond acceptors (Lipinski definition) is 2. The molecule has 0 saturated heterocycles. The maximum atomic E-state index is 9.62. The van der Waals surface area contributed by atoms with Gasteiger partial charge in [0.2, 0.25) is 0 Å². The van der Waals surface area contributed by atoms with Crippen molar-refractivity contribution < 1.29 is 9.84 Å². The minimum absolute atomic E-state index is 0.214. The molecule has 1 unspecified atom stereocenters. The molecule has 0 spiro atoms. The zero-order valence-electron chi connectivity index (χ0n) is 9.55. The van der Waals surface area contributed by atoms with E-state index in [2.05, 4.69) is 13.5 Å². The first-order valence-electron chi connectivity index (χ1n) is 5.39. The Bertz CT molecular complexity index is 194. The number of allylic oxidation sites excluding steroid dienone is 2. The lowest BCUT2D eigenvalue weighted by Gasteiger charge is -2.18. The second kappa shape index (κ2) is 7.48. The highest BCUT2D eigenvalue weighted by Gasteiger charge is 2.12. The SMILES string of the molecule is C=C(CCC)OC(CC)/C(O)=C\CC. The maximum absolute atomic E-state index is 9.62. The van der Waals surface area contributed by atoms with Crippen LogP contribution in [0.25, 0.3) is 0 Å². The van der Waals surface area contributed by atoms with Gasteiger partial charge in [-0.1, -0.05) is 27.4 Å². The van der Waals surface area contributed by atoms with Crippen molar-refractivity contribution in [1.82, 2.24) is 0 Å². The van der Waals surface area contributed by atoms with E-state index in [-0.39, 0.29) is 6.10 Å². The molecule has 0 rings (SSSR count). The first kappa shape index (κ1) is 13.1. The summed E-state index contributed by atoms with van der Waals surface area (Å²) in [6.45, 7) is 9.87. The Hall–Kier alpha value is -0.920. The Morgan fingerprint density at radius 2 is 2.07 bits per heavy atom. The van der Waals surface area contributed by atoms with E-state index in [0.717, 1.165) is 31.4 Å².